The summed E-state index contributed by atoms with van der Waals surface area (Å²) in [7, 11) is -7.41. The fourth-order valence-electron chi connectivity index (χ4n) is 3.09. The van der Waals surface area contributed by atoms with Crippen molar-refractivity contribution in [2.24, 2.45) is 0 Å². The van der Waals surface area contributed by atoms with Crippen molar-refractivity contribution in [3.63, 3.8) is 0 Å². The number of nitrogens with one attached hydrogen (secondary N) is 1. The fourth-order valence-corrected chi connectivity index (χ4v) is 5.67. The number of anilines is 1. The lowest BCUT2D eigenvalue weighted by atomic mass is 10.2. The molecule has 2 fully saturated rings. The average molecular weight is 418 g/mol. The molecule has 2 saturated heterocycles. The quantitative estimate of drug-likeness (QED) is 0.679. The molecule has 27 heavy (non-hydrogen) atoms. The van der Waals surface area contributed by atoms with Crippen LogP contribution in [0.4, 0.5) is 5.69 Å². The molecule has 0 unspecified atom stereocenters. The van der Waals surface area contributed by atoms with Gasteiger partial charge in [0, 0.05) is 32.1 Å². The summed E-state index contributed by atoms with van der Waals surface area (Å²) in [5.74, 6) is -0.740. The van der Waals surface area contributed by atoms with E-state index in [4.69, 9.17) is 4.74 Å². The number of carbonyl (C=O) groups excluding carboxylic acids is 1. The molecule has 9 nitrogen and oxygen atoms in total. The average Bonchev–Trinajstić information content (AvgIpc) is 2.93. The van der Waals surface area contributed by atoms with E-state index in [-0.39, 0.29) is 35.3 Å². The van der Waals surface area contributed by atoms with Gasteiger partial charge in [0.1, 0.15) is 0 Å². The molecule has 1 aromatic carbocycles. The topological polar surface area (TPSA) is 113 Å². The number of rotatable bonds is 6. The second kappa shape index (κ2) is 7.84. The smallest absolute Gasteiger partial charge is 0.242 e. The molecule has 150 valence electrons. The minimum atomic E-state index is -3.74. The lowest BCUT2D eigenvalue weighted by Gasteiger charge is -2.32. The van der Waals surface area contributed by atoms with Gasteiger partial charge in [-0.25, -0.2) is 25.9 Å². The Morgan fingerprint density at radius 2 is 1.81 bits per heavy atom. The Labute approximate surface area is 159 Å². The highest BCUT2D eigenvalue weighted by Crippen LogP contribution is 2.26. The lowest BCUT2D eigenvalue weighted by molar-refractivity contribution is -0.116. The molecule has 0 saturated carbocycles. The largest absolute Gasteiger partial charge is 0.379 e. The molecule has 2 heterocycles. The van der Waals surface area contributed by atoms with Crippen molar-refractivity contribution in [3.05, 3.63) is 24.3 Å². The van der Waals surface area contributed by atoms with E-state index in [1.165, 1.54) is 24.3 Å². The summed E-state index contributed by atoms with van der Waals surface area (Å²) in [6, 6.07) is 5.30. The van der Waals surface area contributed by atoms with Gasteiger partial charge in [-0.05, 0) is 31.2 Å². The monoisotopic (exact) mass is 417 g/mol. The highest BCUT2D eigenvalue weighted by Gasteiger charge is 2.36. The van der Waals surface area contributed by atoms with Gasteiger partial charge in [-0.3, -0.25) is 9.69 Å². The second-order valence-corrected chi connectivity index (χ2v) is 10.3. The number of hydrogen-bond acceptors (Lipinski definition) is 7. The normalized spacial score (nSPS) is 22.1. The molecule has 11 heteroatoms. The SMILES string of the molecule is C[C@@H](CNS(=O)(=O)c1ccc(N2C(=O)CCS2(=O)=O)cc1)N1CCOCC1. The highest BCUT2D eigenvalue weighted by atomic mass is 32.2. The van der Waals surface area contributed by atoms with Crippen LogP contribution < -0.4 is 9.03 Å². The second-order valence-electron chi connectivity index (χ2n) is 6.57. The van der Waals surface area contributed by atoms with Crippen LogP contribution in [0, 0.1) is 0 Å². The van der Waals surface area contributed by atoms with Gasteiger partial charge in [0.25, 0.3) is 0 Å². The van der Waals surface area contributed by atoms with Crippen LogP contribution in [0.2, 0.25) is 0 Å². The van der Waals surface area contributed by atoms with Crippen LogP contribution in [0.25, 0.3) is 0 Å². The maximum Gasteiger partial charge on any atom is 0.242 e. The van der Waals surface area contributed by atoms with Gasteiger partial charge >= 0.3 is 0 Å². The van der Waals surface area contributed by atoms with E-state index < -0.39 is 26.0 Å². The molecule has 0 bridgehead atoms. The van der Waals surface area contributed by atoms with Crippen LogP contribution >= 0.6 is 0 Å². The summed E-state index contributed by atoms with van der Waals surface area (Å²) in [6.45, 7) is 4.99. The van der Waals surface area contributed by atoms with E-state index >= 15 is 0 Å². The van der Waals surface area contributed by atoms with Gasteiger partial charge in [-0.1, -0.05) is 0 Å². The van der Waals surface area contributed by atoms with Crippen molar-refractivity contribution in [2.45, 2.75) is 24.3 Å². The maximum atomic E-state index is 12.5. The standard InChI is InChI=1S/C16H23N3O6S2/c1-13(18-7-9-25-10-8-18)12-17-27(23,24)15-4-2-14(3-5-15)19-16(20)6-11-26(19,21)22/h2-5,13,17H,6-12H2,1H3/t13-/m0/s1. The zero-order valence-corrected chi connectivity index (χ0v) is 16.6. The molecule has 1 aromatic rings. The minimum absolute atomic E-state index is 0.0180. The van der Waals surface area contributed by atoms with E-state index in [0.717, 1.165) is 17.4 Å². The number of benzene rings is 1. The summed E-state index contributed by atoms with van der Waals surface area (Å²) in [5, 5.41) is 0. The predicted molar refractivity (Wildman–Crippen MR) is 99.4 cm³/mol. The first kappa shape index (κ1) is 20.2. The first-order chi connectivity index (χ1) is 12.7. The Morgan fingerprint density at radius 1 is 1.19 bits per heavy atom. The van der Waals surface area contributed by atoms with Crippen LogP contribution in [0.1, 0.15) is 13.3 Å². The van der Waals surface area contributed by atoms with Crippen LogP contribution in [0.3, 0.4) is 0 Å². The van der Waals surface area contributed by atoms with E-state index in [1.54, 1.807) is 0 Å². The van der Waals surface area contributed by atoms with Crippen molar-refractivity contribution >= 4 is 31.6 Å². The molecule has 0 spiro atoms. The van der Waals surface area contributed by atoms with Gasteiger partial charge < -0.3 is 4.74 Å². The Hall–Kier alpha value is -1.53. The van der Waals surface area contributed by atoms with Gasteiger partial charge in [0.05, 0.1) is 29.5 Å². The Bertz CT molecular complexity index is 893. The Kier molecular flexibility index (Phi) is 5.87. The summed E-state index contributed by atoms with van der Waals surface area (Å²) >= 11 is 0. The molecule has 1 atom stereocenters. The summed E-state index contributed by atoms with van der Waals surface area (Å²) in [5.41, 5.74) is 0.151. The van der Waals surface area contributed by atoms with Crippen LogP contribution in [-0.2, 0) is 29.6 Å². The summed E-state index contributed by atoms with van der Waals surface area (Å²) < 4.78 is 57.5. The zero-order chi connectivity index (χ0) is 19.7. The number of amides is 1. The zero-order valence-electron chi connectivity index (χ0n) is 15.0. The molecule has 0 radical (unpaired) electrons. The Morgan fingerprint density at radius 3 is 2.37 bits per heavy atom. The molecule has 0 aromatic heterocycles. The van der Waals surface area contributed by atoms with Crippen LogP contribution in [0.15, 0.2) is 29.2 Å². The van der Waals surface area contributed by atoms with E-state index in [2.05, 4.69) is 9.62 Å². The van der Waals surface area contributed by atoms with E-state index in [1.807, 2.05) is 6.92 Å². The number of morpholine rings is 1. The predicted octanol–water partition coefficient (Wildman–Crippen LogP) is -0.248. The van der Waals surface area contributed by atoms with Crippen molar-refractivity contribution < 1.29 is 26.4 Å². The molecular formula is C16H23N3O6S2. The molecular weight excluding hydrogens is 394 g/mol. The lowest BCUT2D eigenvalue weighted by Crippen LogP contribution is -2.47. The number of hydrogen-bond donors (Lipinski definition) is 1. The van der Waals surface area contributed by atoms with Crippen molar-refractivity contribution in [1.82, 2.24) is 9.62 Å². The van der Waals surface area contributed by atoms with Gasteiger partial charge in [0.15, 0.2) is 0 Å². The third kappa shape index (κ3) is 4.49. The van der Waals surface area contributed by atoms with E-state index in [9.17, 15) is 21.6 Å². The van der Waals surface area contributed by atoms with E-state index in [0.29, 0.717) is 13.2 Å². The molecule has 1 amide bonds. The molecule has 1 N–H and O–H groups in total. The van der Waals surface area contributed by atoms with Crippen molar-refractivity contribution in [1.29, 1.82) is 0 Å². The first-order valence-corrected chi connectivity index (χ1v) is 11.8. The number of nitrogens with zero attached hydrogens (tertiary/aromatic N) is 2. The maximum absolute atomic E-state index is 12.5. The minimum Gasteiger partial charge on any atom is -0.379 e. The van der Waals surface area contributed by atoms with Crippen LogP contribution in [0.5, 0.6) is 0 Å². The highest BCUT2D eigenvalue weighted by molar-refractivity contribution is 7.94. The number of carbonyl (C=O) groups is 1. The van der Waals surface area contributed by atoms with Gasteiger partial charge in [0.2, 0.25) is 26.0 Å². The molecule has 2 aliphatic rings. The molecule has 3 rings (SSSR count). The fraction of sp³-hybridized carbons (Fsp3) is 0.562. The number of ether oxygens (including phenoxy) is 1. The van der Waals surface area contributed by atoms with Gasteiger partial charge in [-0.15, -0.1) is 0 Å². The van der Waals surface area contributed by atoms with Crippen LogP contribution in [-0.4, -0.2) is 72.3 Å². The third-order valence-electron chi connectivity index (χ3n) is 4.70. The Balaban J connectivity index is 1.67. The van der Waals surface area contributed by atoms with Gasteiger partial charge in [-0.2, -0.15) is 0 Å². The summed E-state index contributed by atoms with van der Waals surface area (Å²) in [4.78, 5) is 14.0. The molecule has 2 aliphatic heterocycles. The third-order valence-corrected chi connectivity index (χ3v) is 7.83. The van der Waals surface area contributed by atoms with Crippen molar-refractivity contribution in [3.8, 4) is 0 Å². The summed E-state index contributed by atoms with van der Waals surface area (Å²) in [6.07, 6.45) is -0.0661. The van der Waals surface area contributed by atoms with Crippen molar-refractivity contribution in [2.75, 3.05) is 42.9 Å². The molecule has 0 aliphatic carbocycles. The first-order valence-electron chi connectivity index (χ1n) is 8.68. The number of sulfonamides is 2.